The number of rotatable bonds is 4. The fraction of sp³-hybridized carbons (Fsp3) is 0.615. The third kappa shape index (κ3) is 3.80. The van der Waals surface area contributed by atoms with Gasteiger partial charge in [0.15, 0.2) is 0 Å². The summed E-state index contributed by atoms with van der Waals surface area (Å²) < 4.78 is 0. The van der Waals surface area contributed by atoms with Gasteiger partial charge in [-0.1, -0.05) is 31.4 Å². The molecule has 0 radical (unpaired) electrons. The topological polar surface area (TPSA) is 68.1 Å². The minimum Gasteiger partial charge on any atom is -0.364 e. The van der Waals surface area contributed by atoms with Crippen LogP contribution in [-0.4, -0.2) is 16.5 Å². The summed E-state index contributed by atoms with van der Waals surface area (Å²) in [7, 11) is 0. The fourth-order valence-electron chi connectivity index (χ4n) is 2.69. The van der Waals surface area contributed by atoms with Crippen LogP contribution in [0, 0.1) is 22.0 Å². The molecule has 0 spiro atoms. The van der Waals surface area contributed by atoms with Gasteiger partial charge in [-0.3, -0.25) is 10.1 Å². The molecule has 1 fully saturated rings. The van der Waals surface area contributed by atoms with Crippen molar-refractivity contribution in [3.63, 3.8) is 0 Å². The average Bonchev–Trinajstić information content (AvgIpc) is 2.36. The lowest BCUT2D eigenvalue weighted by Gasteiger charge is -2.26. The first-order valence-corrected chi connectivity index (χ1v) is 6.99. The summed E-state index contributed by atoms with van der Waals surface area (Å²) in [5.41, 5.74) is -0.0201. The van der Waals surface area contributed by atoms with Crippen molar-refractivity contribution in [1.29, 1.82) is 0 Å². The molecule has 19 heavy (non-hydrogen) atoms. The Labute approximate surface area is 117 Å². The van der Waals surface area contributed by atoms with E-state index < -0.39 is 4.92 Å². The Morgan fingerprint density at radius 3 is 3.00 bits per heavy atom. The van der Waals surface area contributed by atoms with Gasteiger partial charge in [0.05, 0.1) is 4.92 Å². The largest absolute Gasteiger partial charge is 0.364 e. The lowest BCUT2D eigenvalue weighted by Crippen LogP contribution is -2.21. The molecular weight excluding hydrogens is 266 g/mol. The fourth-order valence-corrected chi connectivity index (χ4v) is 2.84. The Hall–Kier alpha value is -1.36. The van der Waals surface area contributed by atoms with E-state index in [0.717, 1.165) is 12.5 Å². The number of halogens is 1. The van der Waals surface area contributed by atoms with E-state index in [1.54, 1.807) is 0 Å². The van der Waals surface area contributed by atoms with Crippen LogP contribution in [0.4, 0.5) is 11.5 Å². The number of nitrogens with zero attached hydrogens (tertiary/aromatic N) is 2. The molecule has 1 aliphatic rings. The van der Waals surface area contributed by atoms with E-state index in [1.807, 2.05) is 0 Å². The minimum atomic E-state index is -0.435. The zero-order valence-corrected chi connectivity index (χ0v) is 11.7. The van der Waals surface area contributed by atoms with E-state index in [0.29, 0.717) is 5.92 Å². The zero-order valence-electron chi connectivity index (χ0n) is 10.9. The molecule has 1 aliphatic carbocycles. The number of nitrogens with one attached hydrogen (secondary N) is 1. The van der Waals surface area contributed by atoms with Gasteiger partial charge >= 0.3 is 5.69 Å². The molecule has 0 aliphatic heterocycles. The molecule has 1 aromatic heterocycles. The predicted octanol–water partition coefficient (Wildman–Crippen LogP) is 3.88. The van der Waals surface area contributed by atoms with Crippen molar-refractivity contribution in [2.45, 2.75) is 32.6 Å². The minimum absolute atomic E-state index is 0.0201. The SMILES string of the molecule is CC1CCCC(CNc2nc(Cl)ccc2[N+](=O)[O-])C1. The Bertz CT molecular complexity index is 467. The molecule has 1 heterocycles. The van der Waals surface area contributed by atoms with E-state index in [-0.39, 0.29) is 16.7 Å². The average molecular weight is 284 g/mol. The summed E-state index contributed by atoms with van der Waals surface area (Å²) in [4.78, 5) is 14.5. The molecule has 5 nitrogen and oxygen atoms in total. The number of hydrogen-bond donors (Lipinski definition) is 1. The first-order valence-electron chi connectivity index (χ1n) is 6.61. The smallest absolute Gasteiger partial charge is 0.311 e. The lowest BCUT2D eigenvalue weighted by atomic mass is 9.82. The summed E-state index contributed by atoms with van der Waals surface area (Å²) >= 11 is 5.79. The molecule has 1 N–H and O–H groups in total. The number of anilines is 1. The van der Waals surface area contributed by atoms with Crippen LogP contribution in [0.15, 0.2) is 12.1 Å². The second-order valence-electron chi connectivity index (χ2n) is 5.28. The van der Waals surface area contributed by atoms with Crippen LogP contribution in [-0.2, 0) is 0 Å². The summed E-state index contributed by atoms with van der Waals surface area (Å²) in [5, 5.41) is 14.3. The molecule has 6 heteroatoms. The third-order valence-corrected chi connectivity index (χ3v) is 3.85. The summed E-state index contributed by atoms with van der Waals surface area (Å²) in [6.45, 7) is 2.98. The van der Waals surface area contributed by atoms with Gasteiger partial charge in [0.2, 0.25) is 5.82 Å². The first-order chi connectivity index (χ1) is 9.06. The van der Waals surface area contributed by atoms with Gasteiger partial charge in [-0.05, 0) is 30.7 Å². The molecule has 0 bridgehead atoms. The summed E-state index contributed by atoms with van der Waals surface area (Å²) in [5.74, 6) is 1.57. The van der Waals surface area contributed by atoms with Crippen molar-refractivity contribution in [2.24, 2.45) is 11.8 Å². The van der Waals surface area contributed by atoms with E-state index in [1.165, 1.54) is 37.8 Å². The van der Waals surface area contributed by atoms with Crippen molar-refractivity contribution in [2.75, 3.05) is 11.9 Å². The van der Waals surface area contributed by atoms with Crippen molar-refractivity contribution < 1.29 is 4.92 Å². The Morgan fingerprint density at radius 1 is 1.53 bits per heavy atom. The normalized spacial score (nSPS) is 23.1. The van der Waals surface area contributed by atoms with Crippen LogP contribution in [0.2, 0.25) is 5.15 Å². The Balaban J connectivity index is 2.02. The maximum Gasteiger partial charge on any atom is 0.311 e. The molecule has 1 saturated carbocycles. The van der Waals surface area contributed by atoms with Crippen molar-refractivity contribution in [3.05, 3.63) is 27.4 Å². The summed E-state index contributed by atoms with van der Waals surface area (Å²) in [6, 6.07) is 2.83. The second kappa shape index (κ2) is 6.19. The van der Waals surface area contributed by atoms with Gasteiger partial charge < -0.3 is 5.32 Å². The van der Waals surface area contributed by atoms with E-state index in [9.17, 15) is 10.1 Å². The van der Waals surface area contributed by atoms with Crippen LogP contribution in [0.1, 0.15) is 32.6 Å². The molecule has 0 aromatic carbocycles. The van der Waals surface area contributed by atoms with Crippen LogP contribution >= 0.6 is 11.6 Å². The molecule has 0 amide bonds. The monoisotopic (exact) mass is 283 g/mol. The van der Waals surface area contributed by atoms with Crippen LogP contribution in [0.5, 0.6) is 0 Å². The van der Waals surface area contributed by atoms with E-state index in [4.69, 9.17) is 11.6 Å². The highest BCUT2D eigenvalue weighted by molar-refractivity contribution is 6.29. The van der Waals surface area contributed by atoms with Gasteiger partial charge in [-0.2, -0.15) is 0 Å². The molecule has 2 unspecified atom stereocenters. The number of aromatic nitrogens is 1. The Morgan fingerprint density at radius 2 is 2.32 bits per heavy atom. The van der Waals surface area contributed by atoms with Crippen LogP contribution in [0.3, 0.4) is 0 Å². The molecular formula is C13H18ClN3O2. The maximum atomic E-state index is 10.9. The highest BCUT2D eigenvalue weighted by Crippen LogP contribution is 2.30. The zero-order chi connectivity index (χ0) is 13.8. The molecule has 104 valence electrons. The van der Waals surface area contributed by atoms with Gasteiger partial charge in [-0.25, -0.2) is 4.98 Å². The van der Waals surface area contributed by atoms with Crippen LogP contribution in [0.25, 0.3) is 0 Å². The molecule has 0 saturated heterocycles. The number of hydrogen-bond acceptors (Lipinski definition) is 4. The third-order valence-electron chi connectivity index (χ3n) is 3.64. The number of nitro groups is 1. The molecule has 1 aromatic rings. The summed E-state index contributed by atoms with van der Waals surface area (Å²) in [6.07, 6.45) is 4.86. The maximum absolute atomic E-state index is 10.9. The highest BCUT2D eigenvalue weighted by atomic mass is 35.5. The molecule has 2 atom stereocenters. The van der Waals surface area contributed by atoms with Gasteiger partial charge in [0.1, 0.15) is 5.15 Å². The van der Waals surface area contributed by atoms with E-state index in [2.05, 4.69) is 17.2 Å². The first kappa shape index (κ1) is 14.1. The van der Waals surface area contributed by atoms with Crippen molar-refractivity contribution in [1.82, 2.24) is 4.98 Å². The van der Waals surface area contributed by atoms with Gasteiger partial charge in [0, 0.05) is 12.6 Å². The second-order valence-corrected chi connectivity index (χ2v) is 5.66. The van der Waals surface area contributed by atoms with Crippen LogP contribution < -0.4 is 5.32 Å². The standard InChI is InChI=1S/C13H18ClN3O2/c1-9-3-2-4-10(7-9)8-15-13-11(17(18)19)5-6-12(14)16-13/h5-6,9-10H,2-4,7-8H2,1H3,(H,15,16). The number of pyridine rings is 1. The van der Waals surface area contributed by atoms with Crippen molar-refractivity contribution in [3.8, 4) is 0 Å². The molecule has 2 rings (SSSR count). The highest BCUT2D eigenvalue weighted by Gasteiger charge is 2.21. The van der Waals surface area contributed by atoms with Gasteiger partial charge in [0.25, 0.3) is 0 Å². The van der Waals surface area contributed by atoms with E-state index >= 15 is 0 Å². The lowest BCUT2D eigenvalue weighted by molar-refractivity contribution is -0.384. The van der Waals surface area contributed by atoms with Gasteiger partial charge in [-0.15, -0.1) is 0 Å². The quantitative estimate of drug-likeness (QED) is 0.517. The predicted molar refractivity (Wildman–Crippen MR) is 75.5 cm³/mol. The Kier molecular flexibility index (Phi) is 4.58. The van der Waals surface area contributed by atoms with Crippen molar-refractivity contribution >= 4 is 23.1 Å².